The Morgan fingerprint density at radius 1 is 1.29 bits per heavy atom. The van der Waals surface area contributed by atoms with Gasteiger partial charge in [0.05, 0.1) is 12.2 Å². The second-order valence-electron chi connectivity index (χ2n) is 4.04. The molecule has 2 heterocycles. The summed E-state index contributed by atoms with van der Waals surface area (Å²) in [7, 11) is 0. The molecule has 0 aromatic carbocycles. The van der Waals surface area contributed by atoms with Gasteiger partial charge in [-0.3, -0.25) is 0 Å². The highest BCUT2D eigenvalue weighted by molar-refractivity contribution is 5.35. The lowest BCUT2D eigenvalue weighted by Crippen LogP contribution is -2.01. The monoisotopic (exact) mass is 231 g/mol. The predicted octanol–water partition coefficient (Wildman–Crippen LogP) is 2.86. The average Bonchev–Trinajstić information content (AvgIpc) is 2.69. The number of aryl methyl sites for hydroxylation is 3. The van der Waals surface area contributed by atoms with Crippen molar-refractivity contribution in [3.05, 3.63) is 41.2 Å². The molecule has 90 valence electrons. The van der Waals surface area contributed by atoms with Gasteiger partial charge in [0.2, 0.25) is 0 Å². The number of aromatic nitrogens is 2. The van der Waals surface area contributed by atoms with Gasteiger partial charge in [0, 0.05) is 12.6 Å². The summed E-state index contributed by atoms with van der Waals surface area (Å²) in [5.74, 6) is 2.52. The summed E-state index contributed by atoms with van der Waals surface area (Å²) in [6, 6.07) is 3.99. The minimum atomic E-state index is 0.620. The SMILES string of the molecule is CCc1nc(C)c(CNc2ccc(C)cn2)o1. The van der Waals surface area contributed by atoms with E-state index < -0.39 is 0 Å². The number of nitrogens with one attached hydrogen (secondary N) is 1. The van der Waals surface area contributed by atoms with Crippen molar-refractivity contribution in [2.45, 2.75) is 33.7 Å². The van der Waals surface area contributed by atoms with E-state index in [0.29, 0.717) is 6.54 Å². The second-order valence-corrected chi connectivity index (χ2v) is 4.04. The molecular weight excluding hydrogens is 214 g/mol. The van der Waals surface area contributed by atoms with Crippen molar-refractivity contribution in [3.63, 3.8) is 0 Å². The van der Waals surface area contributed by atoms with Gasteiger partial charge in [-0.2, -0.15) is 0 Å². The molecule has 0 aliphatic heterocycles. The topological polar surface area (TPSA) is 51.0 Å². The molecular formula is C13H17N3O. The van der Waals surface area contributed by atoms with Crippen LogP contribution >= 0.6 is 0 Å². The fourth-order valence-electron chi connectivity index (χ4n) is 1.55. The van der Waals surface area contributed by atoms with Crippen LogP contribution < -0.4 is 5.32 Å². The van der Waals surface area contributed by atoms with Gasteiger partial charge in [-0.25, -0.2) is 9.97 Å². The van der Waals surface area contributed by atoms with Crippen LogP contribution in [0.4, 0.5) is 5.82 Å². The Morgan fingerprint density at radius 2 is 2.12 bits per heavy atom. The van der Waals surface area contributed by atoms with E-state index in [1.807, 2.05) is 39.1 Å². The molecule has 4 nitrogen and oxygen atoms in total. The van der Waals surface area contributed by atoms with Crippen molar-refractivity contribution in [2.24, 2.45) is 0 Å². The lowest BCUT2D eigenvalue weighted by molar-refractivity contribution is 0.464. The molecule has 0 spiro atoms. The zero-order valence-electron chi connectivity index (χ0n) is 10.4. The van der Waals surface area contributed by atoms with Crippen molar-refractivity contribution in [2.75, 3.05) is 5.32 Å². The first kappa shape index (κ1) is 11.6. The third-order valence-electron chi connectivity index (χ3n) is 2.58. The molecule has 0 amide bonds. The number of hydrogen-bond donors (Lipinski definition) is 1. The summed E-state index contributed by atoms with van der Waals surface area (Å²) in [4.78, 5) is 8.61. The van der Waals surface area contributed by atoms with Crippen molar-refractivity contribution in [1.82, 2.24) is 9.97 Å². The van der Waals surface area contributed by atoms with E-state index in [4.69, 9.17) is 4.42 Å². The molecule has 0 saturated heterocycles. The highest BCUT2D eigenvalue weighted by atomic mass is 16.4. The van der Waals surface area contributed by atoms with E-state index in [0.717, 1.165) is 35.1 Å². The van der Waals surface area contributed by atoms with E-state index in [1.54, 1.807) is 0 Å². The zero-order valence-corrected chi connectivity index (χ0v) is 10.4. The maximum atomic E-state index is 5.61. The van der Waals surface area contributed by atoms with Crippen LogP contribution in [0.3, 0.4) is 0 Å². The normalized spacial score (nSPS) is 10.5. The van der Waals surface area contributed by atoms with Gasteiger partial charge in [-0.1, -0.05) is 13.0 Å². The van der Waals surface area contributed by atoms with E-state index in [2.05, 4.69) is 15.3 Å². The minimum Gasteiger partial charge on any atom is -0.444 e. The van der Waals surface area contributed by atoms with Crippen LogP contribution in [0.15, 0.2) is 22.7 Å². The molecule has 2 aromatic rings. The molecule has 0 saturated carbocycles. The summed E-state index contributed by atoms with van der Waals surface area (Å²) in [6.07, 6.45) is 2.66. The maximum absolute atomic E-state index is 5.61. The van der Waals surface area contributed by atoms with E-state index in [9.17, 15) is 0 Å². The standard InChI is InChI=1S/C13H17N3O/c1-4-13-16-10(3)11(17-13)8-15-12-6-5-9(2)7-14-12/h5-7H,4,8H2,1-3H3,(H,14,15). The zero-order chi connectivity index (χ0) is 12.3. The number of pyridine rings is 1. The van der Waals surface area contributed by atoms with Crippen LogP contribution in [0.25, 0.3) is 0 Å². The van der Waals surface area contributed by atoms with E-state index in [1.165, 1.54) is 0 Å². The first-order chi connectivity index (χ1) is 8.19. The highest BCUT2D eigenvalue weighted by Gasteiger charge is 2.07. The van der Waals surface area contributed by atoms with Crippen LogP contribution in [-0.4, -0.2) is 9.97 Å². The lowest BCUT2D eigenvalue weighted by atomic mass is 10.3. The Labute approximate surface area is 101 Å². The molecule has 2 aromatic heterocycles. The molecule has 0 fully saturated rings. The number of nitrogens with zero attached hydrogens (tertiary/aromatic N) is 2. The van der Waals surface area contributed by atoms with Crippen LogP contribution in [0.5, 0.6) is 0 Å². The van der Waals surface area contributed by atoms with Crippen LogP contribution in [-0.2, 0) is 13.0 Å². The Morgan fingerprint density at radius 3 is 2.71 bits per heavy atom. The number of rotatable bonds is 4. The summed E-state index contributed by atoms with van der Waals surface area (Å²) < 4.78 is 5.61. The van der Waals surface area contributed by atoms with Gasteiger partial charge in [0.15, 0.2) is 5.89 Å². The molecule has 1 N–H and O–H groups in total. The van der Waals surface area contributed by atoms with Gasteiger partial charge in [-0.15, -0.1) is 0 Å². The fourth-order valence-corrected chi connectivity index (χ4v) is 1.55. The molecule has 4 heteroatoms. The number of anilines is 1. The molecule has 0 bridgehead atoms. The van der Waals surface area contributed by atoms with Crippen molar-refractivity contribution >= 4 is 5.82 Å². The van der Waals surface area contributed by atoms with E-state index >= 15 is 0 Å². The number of oxazole rings is 1. The Bertz CT molecular complexity index is 488. The quantitative estimate of drug-likeness (QED) is 0.879. The third-order valence-corrected chi connectivity index (χ3v) is 2.58. The molecule has 2 rings (SSSR count). The van der Waals surface area contributed by atoms with Gasteiger partial charge < -0.3 is 9.73 Å². The molecule has 0 radical (unpaired) electrons. The van der Waals surface area contributed by atoms with Crippen molar-refractivity contribution in [3.8, 4) is 0 Å². The first-order valence-electron chi connectivity index (χ1n) is 5.80. The smallest absolute Gasteiger partial charge is 0.194 e. The Hall–Kier alpha value is -1.84. The minimum absolute atomic E-state index is 0.620. The highest BCUT2D eigenvalue weighted by Crippen LogP contribution is 2.13. The summed E-state index contributed by atoms with van der Waals surface area (Å²) in [5.41, 5.74) is 2.10. The molecule has 17 heavy (non-hydrogen) atoms. The van der Waals surface area contributed by atoms with Gasteiger partial charge in [0.1, 0.15) is 11.6 Å². The number of hydrogen-bond acceptors (Lipinski definition) is 4. The average molecular weight is 231 g/mol. The fraction of sp³-hybridized carbons (Fsp3) is 0.385. The second kappa shape index (κ2) is 4.99. The summed E-state index contributed by atoms with van der Waals surface area (Å²) in [6.45, 7) is 6.63. The lowest BCUT2D eigenvalue weighted by Gasteiger charge is -2.03. The van der Waals surface area contributed by atoms with Gasteiger partial charge in [0.25, 0.3) is 0 Å². The molecule has 0 aliphatic rings. The summed E-state index contributed by atoms with van der Waals surface area (Å²) in [5, 5.41) is 3.22. The summed E-state index contributed by atoms with van der Waals surface area (Å²) >= 11 is 0. The third kappa shape index (κ3) is 2.84. The Balaban J connectivity index is 2.01. The van der Waals surface area contributed by atoms with Crippen molar-refractivity contribution in [1.29, 1.82) is 0 Å². The largest absolute Gasteiger partial charge is 0.444 e. The Kier molecular flexibility index (Phi) is 3.42. The van der Waals surface area contributed by atoms with Crippen LogP contribution in [0.1, 0.15) is 29.8 Å². The van der Waals surface area contributed by atoms with E-state index in [-0.39, 0.29) is 0 Å². The predicted molar refractivity (Wildman–Crippen MR) is 66.9 cm³/mol. The van der Waals surface area contributed by atoms with Gasteiger partial charge in [-0.05, 0) is 25.5 Å². The molecule has 0 atom stereocenters. The van der Waals surface area contributed by atoms with Crippen LogP contribution in [0.2, 0.25) is 0 Å². The molecule has 0 aliphatic carbocycles. The van der Waals surface area contributed by atoms with Crippen LogP contribution in [0, 0.1) is 13.8 Å². The molecule has 0 unspecified atom stereocenters. The van der Waals surface area contributed by atoms with Gasteiger partial charge >= 0.3 is 0 Å². The maximum Gasteiger partial charge on any atom is 0.194 e. The van der Waals surface area contributed by atoms with Crippen molar-refractivity contribution < 1.29 is 4.42 Å². The first-order valence-corrected chi connectivity index (χ1v) is 5.80.